The average molecular weight is 321 g/mol. The summed E-state index contributed by atoms with van der Waals surface area (Å²) in [6.45, 7) is 7.73. The summed E-state index contributed by atoms with van der Waals surface area (Å²) in [5.74, 6) is 0. The first-order valence-corrected chi connectivity index (χ1v) is 9.01. The Balaban J connectivity index is 2.29. The van der Waals surface area contributed by atoms with Crippen molar-refractivity contribution in [3.63, 3.8) is 0 Å². The van der Waals surface area contributed by atoms with Crippen LogP contribution in [-0.4, -0.2) is 32.5 Å². The minimum absolute atomic E-state index is 0.0933. The maximum atomic E-state index is 11.1. The van der Waals surface area contributed by atoms with E-state index in [9.17, 15) is 8.42 Å². The van der Waals surface area contributed by atoms with Gasteiger partial charge >= 0.3 is 0 Å². The zero-order valence-corrected chi connectivity index (χ0v) is 14.3. The molecule has 1 fully saturated rings. The Morgan fingerprint density at radius 3 is 2.14 bits per heavy atom. The van der Waals surface area contributed by atoms with Crippen molar-refractivity contribution in [2.24, 2.45) is 0 Å². The van der Waals surface area contributed by atoms with Crippen molar-refractivity contribution in [1.82, 2.24) is 5.48 Å². The third kappa shape index (κ3) is 8.95. The number of nitrogens with one attached hydrogen (secondary N) is 1. The molecule has 0 saturated heterocycles. The fraction of sp³-hybridized carbons (Fsp3) is 0.857. The Hall–Kier alpha value is -0.790. The summed E-state index contributed by atoms with van der Waals surface area (Å²) in [5.41, 5.74) is 3.36. The standard InChI is InChI=1S/C14H27NO5S/c1-11(15-20-14(2,3)4)10-18-12-6-8-13(9-7-12)19-21(5,16)17/h10,12-13,15H,6-9H2,1-5H3. The van der Waals surface area contributed by atoms with Gasteiger partial charge in [-0.2, -0.15) is 8.42 Å². The summed E-state index contributed by atoms with van der Waals surface area (Å²) < 4.78 is 32.8. The largest absolute Gasteiger partial charge is 0.496 e. The zero-order chi connectivity index (χ0) is 16.1. The normalized spacial score (nSPS) is 24.7. The number of hydrogen-bond donors (Lipinski definition) is 1. The van der Waals surface area contributed by atoms with Crippen LogP contribution in [0, 0.1) is 0 Å². The van der Waals surface area contributed by atoms with E-state index in [4.69, 9.17) is 13.8 Å². The van der Waals surface area contributed by atoms with E-state index in [0.29, 0.717) is 12.8 Å². The maximum absolute atomic E-state index is 11.1. The molecule has 21 heavy (non-hydrogen) atoms. The van der Waals surface area contributed by atoms with Gasteiger partial charge in [-0.3, -0.25) is 14.5 Å². The fourth-order valence-corrected chi connectivity index (χ4v) is 2.65. The number of hydroxylamine groups is 1. The average Bonchev–Trinajstić information content (AvgIpc) is 2.33. The van der Waals surface area contributed by atoms with Crippen LogP contribution in [0.5, 0.6) is 0 Å². The molecule has 0 radical (unpaired) electrons. The Kier molecular flexibility index (Phi) is 6.49. The van der Waals surface area contributed by atoms with Crippen molar-refractivity contribution in [1.29, 1.82) is 0 Å². The summed E-state index contributed by atoms with van der Waals surface area (Å²) >= 11 is 0. The molecule has 7 heteroatoms. The lowest BCUT2D eigenvalue weighted by atomic mass is 9.95. The van der Waals surface area contributed by atoms with Gasteiger partial charge in [0.2, 0.25) is 0 Å². The van der Waals surface area contributed by atoms with Crippen molar-refractivity contribution in [3.05, 3.63) is 12.0 Å². The summed E-state index contributed by atoms with van der Waals surface area (Å²) in [4.78, 5) is 5.42. The molecular weight excluding hydrogens is 294 g/mol. The summed E-state index contributed by atoms with van der Waals surface area (Å²) in [6.07, 6.45) is 5.56. The summed E-state index contributed by atoms with van der Waals surface area (Å²) in [6, 6.07) is 0. The second-order valence-corrected chi connectivity index (χ2v) is 8.05. The Bertz CT molecular complexity index is 444. The van der Waals surface area contributed by atoms with Crippen molar-refractivity contribution in [2.45, 2.75) is 71.2 Å². The lowest BCUT2D eigenvalue weighted by Crippen LogP contribution is -2.29. The van der Waals surface area contributed by atoms with Gasteiger partial charge in [0.05, 0.1) is 29.8 Å². The second-order valence-electron chi connectivity index (χ2n) is 6.45. The van der Waals surface area contributed by atoms with E-state index < -0.39 is 10.1 Å². The van der Waals surface area contributed by atoms with E-state index in [1.165, 1.54) is 0 Å². The molecule has 0 aromatic rings. The van der Waals surface area contributed by atoms with E-state index >= 15 is 0 Å². The summed E-state index contributed by atoms with van der Waals surface area (Å²) in [7, 11) is -3.37. The molecule has 0 aromatic carbocycles. The Morgan fingerprint density at radius 1 is 1.14 bits per heavy atom. The third-order valence-corrected chi connectivity index (χ3v) is 3.51. The number of allylic oxidation sites excluding steroid dienone is 1. The zero-order valence-electron chi connectivity index (χ0n) is 13.5. The van der Waals surface area contributed by atoms with Gasteiger partial charge in [-0.05, 0) is 53.4 Å². The van der Waals surface area contributed by atoms with Crippen LogP contribution in [0.25, 0.3) is 0 Å². The van der Waals surface area contributed by atoms with Crippen LogP contribution in [0.3, 0.4) is 0 Å². The lowest BCUT2D eigenvalue weighted by molar-refractivity contribution is -0.0597. The highest BCUT2D eigenvalue weighted by atomic mass is 32.2. The predicted molar refractivity (Wildman–Crippen MR) is 80.8 cm³/mol. The van der Waals surface area contributed by atoms with Gasteiger partial charge in [-0.25, -0.2) is 0 Å². The molecule has 1 aliphatic rings. The first kappa shape index (κ1) is 18.3. The molecule has 0 unspecified atom stereocenters. The van der Waals surface area contributed by atoms with Crippen molar-refractivity contribution in [2.75, 3.05) is 6.26 Å². The van der Waals surface area contributed by atoms with Gasteiger partial charge in [-0.15, -0.1) is 0 Å². The molecule has 0 aromatic heterocycles. The van der Waals surface area contributed by atoms with Crippen LogP contribution in [0.2, 0.25) is 0 Å². The number of hydrogen-bond acceptors (Lipinski definition) is 6. The number of ether oxygens (including phenoxy) is 1. The highest BCUT2D eigenvalue weighted by Crippen LogP contribution is 2.24. The van der Waals surface area contributed by atoms with Crippen LogP contribution >= 0.6 is 0 Å². The predicted octanol–water partition coefficient (Wildman–Crippen LogP) is 2.47. The molecular formula is C14H27NO5S. The van der Waals surface area contributed by atoms with Crippen LogP contribution in [-0.2, 0) is 23.9 Å². The molecule has 0 heterocycles. The van der Waals surface area contributed by atoms with E-state index in [0.717, 1.165) is 24.8 Å². The molecule has 124 valence electrons. The third-order valence-electron chi connectivity index (χ3n) is 2.89. The van der Waals surface area contributed by atoms with E-state index in [2.05, 4.69) is 5.48 Å². The first-order valence-electron chi connectivity index (χ1n) is 7.20. The minimum Gasteiger partial charge on any atom is -0.496 e. The molecule has 0 spiro atoms. The van der Waals surface area contributed by atoms with Gasteiger partial charge in [0.25, 0.3) is 10.1 Å². The van der Waals surface area contributed by atoms with Gasteiger partial charge in [0.1, 0.15) is 6.26 Å². The quantitative estimate of drug-likeness (QED) is 0.460. The van der Waals surface area contributed by atoms with E-state index in [-0.39, 0.29) is 17.8 Å². The molecule has 1 aliphatic carbocycles. The van der Waals surface area contributed by atoms with Crippen LogP contribution in [0.4, 0.5) is 0 Å². The van der Waals surface area contributed by atoms with Crippen LogP contribution in [0.1, 0.15) is 53.4 Å². The smallest absolute Gasteiger partial charge is 0.264 e. The fourth-order valence-electron chi connectivity index (χ4n) is 1.97. The van der Waals surface area contributed by atoms with Crippen molar-refractivity contribution >= 4 is 10.1 Å². The molecule has 0 atom stereocenters. The van der Waals surface area contributed by atoms with Gasteiger partial charge in [0.15, 0.2) is 0 Å². The van der Waals surface area contributed by atoms with Gasteiger partial charge < -0.3 is 4.74 Å². The highest BCUT2D eigenvalue weighted by molar-refractivity contribution is 7.86. The topological polar surface area (TPSA) is 73.9 Å². The van der Waals surface area contributed by atoms with Gasteiger partial charge in [-0.1, -0.05) is 0 Å². The number of rotatable bonds is 6. The molecule has 1 rings (SSSR count). The van der Waals surface area contributed by atoms with Crippen LogP contribution in [0.15, 0.2) is 12.0 Å². The monoisotopic (exact) mass is 321 g/mol. The van der Waals surface area contributed by atoms with E-state index in [1.807, 2.05) is 27.7 Å². The minimum atomic E-state index is -3.37. The van der Waals surface area contributed by atoms with Gasteiger partial charge in [0, 0.05) is 0 Å². The molecule has 1 N–H and O–H groups in total. The van der Waals surface area contributed by atoms with Crippen molar-refractivity contribution in [3.8, 4) is 0 Å². The molecule has 1 saturated carbocycles. The lowest BCUT2D eigenvalue weighted by Gasteiger charge is -2.27. The molecule has 0 amide bonds. The molecule has 0 bridgehead atoms. The first-order chi connectivity index (χ1) is 9.55. The molecule has 0 aliphatic heterocycles. The van der Waals surface area contributed by atoms with Crippen molar-refractivity contribution < 1.29 is 22.2 Å². The Morgan fingerprint density at radius 2 is 1.67 bits per heavy atom. The van der Waals surface area contributed by atoms with Crippen LogP contribution < -0.4 is 5.48 Å². The highest BCUT2D eigenvalue weighted by Gasteiger charge is 2.24. The van der Waals surface area contributed by atoms with E-state index in [1.54, 1.807) is 6.26 Å². The molecule has 6 nitrogen and oxygen atoms in total. The maximum Gasteiger partial charge on any atom is 0.264 e. The SMILES string of the molecule is CC(=COC1CCC(OS(C)(=O)=O)CC1)NOC(C)(C)C. The summed E-state index contributed by atoms with van der Waals surface area (Å²) in [5, 5.41) is 0. The second kappa shape index (κ2) is 7.47. The Labute approximate surface area is 127 Å².